The molecule has 0 spiro atoms. The van der Waals surface area contributed by atoms with Gasteiger partial charge in [0.1, 0.15) is 4.64 Å². The highest BCUT2D eigenvalue weighted by Gasteiger charge is 2.13. The summed E-state index contributed by atoms with van der Waals surface area (Å²) in [7, 11) is 0. The molecule has 7 nitrogen and oxygen atoms in total. The summed E-state index contributed by atoms with van der Waals surface area (Å²) in [6.45, 7) is 0.458. The van der Waals surface area contributed by atoms with Crippen LogP contribution in [0.4, 0.5) is 0 Å². The summed E-state index contributed by atoms with van der Waals surface area (Å²) in [5, 5.41) is 24.7. The molecule has 0 aliphatic carbocycles. The van der Waals surface area contributed by atoms with E-state index >= 15 is 0 Å². The molecule has 0 saturated heterocycles. The van der Waals surface area contributed by atoms with E-state index < -0.39 is 0 Å². The quantitative estimate of drug-likeness (QED) is 0.489. The Kier molecular flexibility index (Phi) is 4.66. The van der Waals surface area contributed by atoms with Crippen LogP contribution in [0.2, 0.25) is 0 Å². The summed E-state index contributed by atoms with van der Waals surface area (Å²) >= 11 is 9.11. The molecular weight excluding hydrogens is 426 g/mol. The summed E-state index contributed by atoms with van der Waals surface area (Å²) in [6, 6.07) is 17.2. The second kappa shape index (κ2) is 7.26. The van der Waals surface area contributed by atoms with Gasteiger partial charge in [0.2, 0.25) is 5.82 Å². The number of nitrogens with zero attached hydrogens (tertiary/aromatic N) is 6. The molecule has 4 rings (SSSR count). The number of para-hydroxylation sites is 1. The maximum atomic E-state index is 8.87. The van der Waals surface area contributed by atoms with Crippen LogP contribution in [0, 0.1) is 16.0 Å². The van der Waals surface area contributed by atoms with Crippen LogP contribution in [-0.2, 0) is 6.54 Å². The first-order valence-electron chi connectivity index (χ1n) is 7.98. The van der Waals surface area contributed by atoms with Crippen molar-refractivity contribution in [3.63, 3.8) is 0 Å². The van der Waals surface area contributed by atoms with Gasteiger partial charge in [0.25, 0.3) is 0 Å². The minimum Gasteiger partial charge on any atom is -0.299 e. The molecular formula is C18H12BrN7S. The molecule has 0 radical (unpaired) electrons. The average molecular weight is 438 g/mol. The predicted molar refractivity (Wildman–Crippen MR) is 106 cm³/mol. The Balaban J connectivity index is 1.61. The first kappa shape index (κ1) is 17.3. The van der Waals surface area contributed by atoms with E-state index in [0.29, 0.717) is 28.1 Å². The Bertz CT molecular complexity index is 1200. The van der Waals surface area contributed by atoms with Gasteiger partial charge in [-0.15, -0.1) is 10.2 Å². The van der Waals surface area contributed by atoms with Crippen LogP contribution in [0.1, 0.15) is 11.1 Å². The highest BCUT2D eigenvalue weighted by molar-refractivity contribution is 9.10. The lowest BCUT2D eigenvalue weighted by atomic mass is 10.1. The van der Waals surface area contributed by atoms with Crippen molar-refractivity contribution in [3.05, 3.63) is 75.0 Å². The van der Waals surface area contributed by atoms with Crippen molar-refractivity contribution in [1.82, 2.24) is 30.0 Å². The molecule has 0 aliphatic rings. The Labute approximate surface area is 168 Å². The van der Waals surface area contributed by atoms with Gasteiger partial charge >= 0.3 is 0 Å². The first-order valence-corrected chi connectivity index (χ1v) is 9.18. The Morgan fingerprint density at radius 2 is 1.93 bits per heavy atom. The maximum Gasteiger partial charge on any atom is 0.209 e. The Morgan fingerprint density at radius 1 is 1.15 bits per heavy atom. The zero-order valence-corrected chi connectivity index (χ0v) is 16.3. The molecule has 27 heavy (non-hydrogen) atoms. The minimum absolute atomic E-state index is 0.454. The third-order valence-electron chi connectivity index (χ3n) is 3.97. The lowest BCUT2D eigenvalue weighted by molar-refractivity contribution is 0.573. The average Bonchev–Trinajstić information content (AvgIpc) is 3.29. The summed E-state index contributed by atoms with van der Waals surface area (Å²) in [5.41, 5.74) is 3.20. The Morgan fingerprint density at radius 3 is 2.67 bits per heavy atom. The van der Waals surface area contributed by atoms with Gasteiger partial charge < -0.3 is 0 Å². The van der Waals surface area contributed by atoms with Crippen molar-refractivity contribution in [2.45, 2.75) is 6.54 Å². The molecule has 0 amide bonds. The van der Waals surface area contributed by atoms with E-state index in [1.54, 1.807) is 23.0 Å². The zero-order valence-electron chi connectivity index (χ0n) is 13.9. The van der Waals surface area contributed by atoms with Gasteiger partial charge in [0, 0.05) is 10.7 Å². The highest BCUT2D eigenvalue weighted by Crippen LogP contribution is 2.23. The molecule has 0 atom stereocenters. The Hall–Kier alpha value is -3.09. The van der Waals surface area contributed by atoms with Crippen molar-refractivity contribution >= 4 is 28.1 Å². The number of nitriles is 1. The first-order chi connectivity index (χ1) is 13.2. The third-order valence-corrected chi connectivity index (χ3v) is 5.04. The van der Waals surface area contributed by atoms with Gasteiger partial charge in [0.15, 0.2) is 0 Å². The van der Waals surface area contributed by atoms with Crippen LogP contribution in [0.25, 0.3) is 17.1 Å². The van der Waals surface area contributed by atoms with Crippen LogP contribution in [0.15, 0.2) is 59.2 Å². The second-order valence-corrected chi connectivity index (χ2v) is 6.97. The van der Waals surface area contributed by atoms with Crippen LogP contribution in [-0.4, -0.2) is 30.0 Å². The molecule has 2 aromatic carbocycles. The van der Waals surface area contributed by atoms with Gasteiger partial charge in [-0.1, -0.05) is 36.5 Å². The molecule has 2 aromatic heterocycles. The molecule has 0 saturated carbocycles. The normalized spacial score (nSPS) is 10.7. The maximum absolute atomic E-state index is 8.87. The standard InChI is InChI=1S/C18H12BrN7S/c19-15-3-1-2-4-16(15)26-18(27)14(10-21-26)17-22-24-25(23-17)11-13-7-5-12(9-20)6-8-13/h1-8,10,21H,11H2. The molecule has 0 bridgehead atoms. The number of nitrogens with one attached hydrogen (secondary N) is 1. The smallest absolute Gasteiger partial charge is 0.209 e. The molecule has 9 heteroatoms. The van der Waals surface area contributed by atoms with Gasteiger partial charge in [-0.2, -0.15) is 10.1 Å². The molecule has 0 fully saturated rings. The minimum atomic E-state index is 0.454. The number of halogens is 1. The fraction of sp³-hybridized carbons (Fsp3) is 0.0556. The summed E-state index contributed by atoms with van der Waals surface area (Å²) in [4.78, 5) is 1.50. The largest absolute Gasteiger partial charge is 0.299 e. The molecule has 132 valence electrons. The van der Waals surface area contributed by atoms with Gasteiger partial charge in [-0.25, -0.2) is 4.68 Å². The summed E-state index contributed by atoms with van der Waals surface area (Å²) in [5.74, 6) is 0.454. The molecule has 0 unspecified atom stereocenters. The number of H-pyrrole nitrogens is 1. The van der Waals surface area contributed by atoms with Crippen LogP contribution < -0.4 is 0 Å². The van der Waals surface area contributed by atoms with Crippen molar-refractivity contribution < 1.29 is 0 Å². The van der Waals surface area contributed by atoms with E-state index in [-0.39, 0.29) is 0 Å². The number of aromatic nitrogens is 6. The van der Waals surface area contributed by atoms with Crippen molar-refractivity contribution in [2.75, 3.05) is 0 Å². The lowest BCUT2D eigenvalue weighted by Crippen LogP contribution is -2.04. The zero-order chi connectivity index (χ0) is 18.8. The third kappa shape index (κ3) is 3.45. The number of hydrogen-bond acceptors (Lipinski definition) is 5. The van der Waals surface area contributed by atoms with Crippen LogP contribution >= 0.6 is 28.1 Å². The topological polar surface area (TPSA) is 88.1 Å². The fourth-order valence-corrected chi connectivity index (χ4v) is 3.37. The number of hydrogen-bond donors (Lipinski definition) is 1. The van der Waals surface area contributed by atoms with Crippen LogP contribution in [0.3, 0.4) is 0 Å². The van der Waals surface area contributed by atoms with E-state index in [2.05, 4.69) is 42.5 Å². The fourth-order valence-electron chi connectivity index (χ4n) is 2.61. The number of aromatic amines is 1. The van der Waals surface area contributed by atoms with Crippen molar-refractivity contribution in [1.29, 1.82) is 5.26 Å². The van der Waals surface area contributed by atoms with E-state index in [9.17, 15) is 0 Å². The number of tetrazole rings is 1. The van der Waals surface area contributed by atoms with Crippen molar-refractivity contribution in [2.24, 2.45) is 0 Å². The SMILES string of the molecule is N#Cc1ccc(Cn2nnc(-c3c[nH]n(-c4ccccc4Br)c3=S)n2)cc1. The van der Waals surface area contributed by atoms with E-state index in [4.69, 9.17) is 17.5 Å². The van der Waals surface area contributed by atoms with E-state index in [0.717, 1.165) is 15.7 Å². The number of benzene rings is 2. The predicted octanol–water partition coefficient (Wildman–Crippen LogP) is 3.87. The highest BCUT2D eigenvalue weighted by atomic mass is 79.9. The summed E-state index contributed by atoms with van der Waals surface area (Å²) in [6.07, 6.45) is 1.77. The van der Waals surface area contributed by atoms with Gasteiger partial charge in [-0.05, 0) is 51.0 Å². The van der Waals surface area contributed by atoms with E-state index in [1.807, 2.05) is 36.4 Å². The number of rotatable bonds is 4. The molecule has 1 N–H and O–H groups in total. The lowest BCUT2D eigenvalue weighted by Gasteiger charge is -2.04. The van der Waals surface area contributed by atoms with Crippen LogP contribution in [0.5, 0.6) is 0 Å². The summed E-state index contributed by atoms with van der Waals surface area (Å²) < 4.78 is 3.28. The molecule has 4 aromatic rings. The van der Waals surface area contributed by atoms with Gasteiger partial charge in [-0.3, -0.25) is 5.10 Å². The monoisotopic (exact) mass is 437 g/mol. The molecule has 0 aliphatic heterocycles. The van der Waals surface area contributed by atoms with E-state index in [1.165, 1.54) is 4.80 Å². The van der Waals surface area contributed by atoms with Gasteiger partial charge in [0.05, 0.1) is 29.4 Å². The second-order valence-electron chi connectivity index (χ2n) is 5.73. The van der Waals surface area contributed by atoms with Crippen molar-refractivity contribution in [3.8, 4) is 23.1 Å². The molecule has 2 heterocycles.